The minimum absolute atomic E-state index is 0.729. The lowest BCUT2D eigenvalue weighted by Crippen LogP contribution is -1.98. The van der Waals surface area contributed by atoms with E-state index in [0.717, 1.165) is 11.8 Å². The van der Waals surface area contributed by atoms with Gasteiger partial charge in [0.15, 0.2) is 0 Å². The summed E-state index contributed by atoms with van der Waals surface area (Å²) in [4.78, 5) is 1.53. The summed E-state index contributed by atoms with van der Waals surface area (Å²) < 4.78 is 0. The molecule has 0 aromatic heterocycles. The van der Waals surface area contributed by atoms with Crippen LogP contribution in [0, 0.1) is 11.8 Å². The van der Waals surface area contributed by atoms with Crippen molar-refractivity contribution in [1.82, 2.24) is 0 Å². The summed E-state index contributed by atoms with van der Waals surface area (Å²) in [6, 6.07) is 0. The Morgan fingerprint density at radius 1 is 1.23 bits per heavy atom. The molecule has 0 saturated heterocycles. The zero-order valence-corrected chi connectivity index (χ0v) is 9.10. The first kappa shape index (κ1) is 9.14. The largest absolute Gasteiger partial charge is 0.134 e. The Morgan fingerprint density at radius 3 is 2.23 bits per heavy atom. The molecule has 2 unspecified atom stereocenters. The van der Waals surface area contributed by atoms with Gasteiger partial charge in [-0.2, -0.15) is 0 Å². The molecule has 2 bridgehead atoms. The van der Waals surface area contributed by atoms with Crippen molar-refractivity contribution in [2.24, 2.45) is 11.8 Å². The van der Waals surface area contributed by atoms with Crippen molar-refractivity contribution < 1.29 is 0 Å². The molecular weight excluding hydrogens is 176 g/mol. The summed E-state index contributed by atoms with van der Waals surface area (Å²) >= 11 is 1.90. The zero-order chi connectivity index (χ0) is 9.26. The van der Waals surface area contributed by atoms with E-state index in [1.54, 1.807) is 5.57 Å². The summed E-state index contributed by atoms with van der Waals surface area (Å²) in [5, 5.41) is 0. The highest BCUT2D eigenvalue weighted by Gasteiger charge is 2.29. The van der Waals surface area contributed by atoms with Crippen molar-refractivity contribution in [2.45, 2.75) is 19.8 Å². The highest BCUT2D eigenvalue weighted by Crippen LogP contribution is 2.43. The first-order valence-corrected chi connectivity index (χ1v) is 6.15. The van der Waals surface area contributed by atoms with Crippen LogP contribution >= 0.6 is 11.8 Å². The maximum atomic E-state index is 2.36. The molecule has 1 fully saturated rings. The van der Waals surface area contributed by atoms with Gasteiger partial charge in [0.1, 0.15) is 0 Å². The number of allylic oxidation sites excluding steroid dienone is 6. The Labute approximate surface area is 84.8 Å². The fourth-order valence-corrected chi connectivity index (χ4v) is 2.92. The molecule has 0 aromatic carbocycles. The molecule has 0 amide bonds. The molecule has 2 aliphatic carbocycles. The second-order valence-electron chi connectivity index (χ2n) is 3.78. The van der Waals surface area contributed by atoms with Crippen molar-refractivity contribution in [1.29, 1.82) is 0 Å². The molecule has 2 atom stereocenters. The molecule has 0 spiro atoms. The summed E-state index contributed by atoms with van der Waals surface area (Å²) in [5.41, 5.74) is 1.68. The number of fused-ring (bicyclic) bond motifs is 2. The molecule has 0 aliphatic heterocycles. The fourth-order valence-electron chi connectivity index (χ4n) is 2.38. The highest BCUT2D eigenvalue weighted by atomic mass is 32.2. The molecule has 0 radical (unpaired) electrons. The van der Waals surface area contributed by atoms with Crippen LogP contribution in [0.2, 0.25) is 0 Å². The van der Waals surface area contributed by atoms with Gasteiger partial charge >= 0.3 is 0 Å². The van der Waals surface area contributed by atoms with E-state index in [-0.39, 0.29) is 0 Å². The van der Waals surface area contributed by atoms with E-state index in [0.29, 0.717) is 0 Å². The molecular formula is C12H16S. The predicted molar refractivity (Wildman–Crippen MR) is 60.7 cm³/mol. The molecule has 13 heavy (non-hydrogen) atoms. The third-order valence-electron chi connectivity index (χ3n) is 3.10. The lowest BCUT2D eigenvalue weighted by atomic mass is 9.98. The standard InChI is InChI=1S/C12H16S/c1-9(13-2)12-10-5-3-4-6-11(12)8-7-10/h3-6,10-11H,7-8H2,1-2H3. The van der Waals surface area contributed by atoms with Crippen molar-refractivity contribution in [3.05, 3.63) is 34.8 Å². The van der Waals surface area contributed by atoms with Crippen molar-refractivity contribution >= 4 is 11.8 Å². The lowest BCUT2D eigenvalue weighted by molar-refractivity contribution is 0.734. The average Bonchev–Trinajstić information content (AvgIpc) is 2.38. The van der Waals surface area contributed by atoms with Gasteiger partial charge in [0, 0.05) is 0 Å². The number of hydrogen-bond acceptors (Lipinski definition) is 1. The molecule has 0 nitrogen and oxygen atoms in total. The first-order valence-electron chi connectivity index (χ1n) is 4.92. The van der Waals surface area contributed by atoms with Gasteiger partial charge in [0.25, 0.3) is 0 Å². The van der Waals surface area contributed by atoms with Crippen LogP contribution < -0.4 is 0 Å². The lowest BCUT2D eigenvalue weighted by Gasteiger charge is -2.13. The zero-order valence-electron chi connectivity index (χ0n) is 8.29. The predicted octanol–water partition coefficient (Wildman–Crippen LogP) is 3.78. The Kier molecular flexibility index (Phi) is 2.63. The minimum Gasteiger partial charge on any atom is -0.134 e. The molecule has 0 N–H and O–H groups in total. The van der Waals surface area contributed by atoms with Crippen molar-refractivity contribution in [3.8, 4) is 0 Å². The Hall–Kier alpha value is -0.430. The van der Waals surface area contributed by atoms with Gasteiger partial charge in [0.05, 0.1) is 0 Å². The smallest absolute Gasteiger partial charge is 0.000313 e. The normalized spacial score (nSPS) is 30.8. The topological polar surface area (TPSA) is 0 Å². The number of hydrogen-bond donors (Lipinski definition) is 0. The molecule has 0 heterocycles. The van der Waals surface area contributed by atoms with E-state index in [2.05, 4.69) is 37.5 Å². The maximum absolute atomic E-state index is 2.36. The van der Waals surface area contributed by atoms with E-state index in [4.69, 9.17) is 0 Å². The van der Waals surface area contributed by atoms with Gasteiger partial charge in [-0.15, -0.1) is 11.8 Å². The van der Waals surface area contributed by atoms with Gasteiger partial charge in [-0.3, -0.25) is 0 Å². The SMILES string of the molecule is CSC(C)=C1C2C=CC=CC1CC2. The fraction of sp³-hybridized carbons (Fsp3) is 0.500. The molecule has 1 saturated carbocycles. The van der Waals surface area contributed by atoms with Gasteiger partial charge < -0.3 is 0 Å². The van der Waals surface area contributed by atoms with Crippen molar-refractivity contribution in [3.63, 3.8) is 0 Å². The Bertz CT molecular complexity index is 261. The summed E-state index contributed by atoms with van der Waals surface area (Å²) in [6.45, 7) is 2.26. The van der Waals surface area contributed by atoms with Gasteiger partial charge in [-0.25, -0.2) is 0 Å². The quantitative estimate of drug-likeness (QED) is 0.609. The Balaban J connectivity index is 2.39. The molecule has 0 aromatic rings. The van der Waals surface area contributed by atoms with Crippen LogP contribution in [-0.4, -0.2) is 6.26 Å². The van der Waals surface area contributed by atoms with E-state index >= 15 is 0 Å². The second kappa shape index (κ2) is 3.75. The second-order valence-corrected chi connectivity index (χ2v) is 4.80. The van der Waals surface area contributed by atoms with Gasteiger partial charge in [-0.1, -0.05) is 24.3 Å². The van der Waals surface area contributed by atoms with E-state index in [1.807, 2.05) is 11.8 Å². The third kappa shape index (κ3) is 1.62. The van der Waals surface area contributed by atoms with Crippen LogP contribution in [0.4, 0.5) is 0 Å². The van der Waals surface area contributed by atoms with Gasteiger partial charge in [-0.05, 0) is 48.3 Å². The average molecular weight is 192 g/mol. The Morgan fingerprint density at radius 2 is 1.77 bits per heavy atom. The van der Waals surface area contributed by atoms with E-state index < -0.39 is 0 Å². The van der Waals surface area contributed by atoms with Crippen LogP contribution in [0.25, 0.3) is 0 Å². The molecule has 70 valence electrons. The van der Waals surface area contributed by atoms with Crippen LogP contribution in [0.5, 0.6) is 0 Å². The molecule has 2 rings (SSSR count). The van der Waals surface area contributed by atoms with Gasteiger partial charge in [0.2, 0.25) is 0 Å². The van der Waals surface area contributed by atoms with Crippen molar-refractivity contribution in [2.75, 3.05) is 6.26 Å². The summed E-state index contributed by atoms with van der Waals surface area (Å²) in [6.07, 6.45) is 14.0. The summed E-state index contributed by atoms with van der Waals surface area (Å²) in [7, 11) is 0. The van der Waals surface area contributed by atoms with Crippen LogP contribution in [0.1, 0.15) is 19.8 Å². The van der Waals surface area contributed by atoms with E-state index in [9.17, 15) is 0 Å². The monoisotopic (exact) mass is 192 g/mol. The van der Waals surface area contributed by atoms with Crippen LogP contribution in [0.3, 0.4) is 0 Å². The first-order chi connectivity index (χ1) is 6.33. The third-order valence-corrected chi connectivity index (χ3v) is 3.95. The minimum atomic E-state index is 0.729. The van der Waals surface area contributed by atoms with Crippen LogP contribution in [-0.2, 0) is 0 Å². The number of rotatable bonds is 1. The van der Waals surface area contributed by atoms with Crippen LogP contribution in [0.15, 0.2) is 34.8 Å². The summed E-state index contributed by atoms with van der Waals surface area (Å²) in [5.74, 6) is 1.46. The maximum Gasteiger partial charge on any atom is -0.000313 e. The molecule has 1 heteroatoms. The number of thioether (sulfide) groups is 1. The highest BCUT2D eigenvalue weighted by molar-refractivity contribution is 8.02. The van der Waals surface area contributed by atoms with E-state index in [1.165, 1.54) is 17.7 Å². The molecule has 2 aliphatic rings.